The second-order valence-electron chi connectivity index (χ2n) is 12.1. The lowest BCUT2D eigenvalue weighted by molar-refractivity contribution is -0.157. The quantitative estimate of drug-likeness (QED) is 0.510. The zero-order chi connectivity index (χ0) is 22.8. The van der Waals surface area contributed by atoms with E-state index >= 15 is 0 Å². The first-order chi connectivity index (χ1) is 13.8. The topological polar surface area (TPSA) is 30.5 Å². The molecule has 0 aromatic rings. The zero-order valence-corrected chi connectivity index (χ0v) is 22.1. The molecular formula is C26H54N4. The minimum Gasteiger partial charge on any atom is -0.314 e. The molecule has 0 saturated carbocycles. The first-order valence-electron chi connectivity index (χ1n) is 12.8. The molecular weight excluding hydrogens is 368 g/mol. The van der Waals surface area contributed by atoms with Gasteiger partial charge in [0.05, 0.1) is 0 Å². The monoisotopic (exact) mass is 422 g/mol. The Labute approximate surface area is 188 Å². The highest BCUT2D eigenvalue weighted by Crippen LogP contribution is 2.51. The van der Waals surface area contributed by atoms with Gasteiger partial charge in [0.1, 0.15) is 0 Å². The lowest BCUT2D eigenvalue weighted by Gasteiger charge is -2.68. The normalized spacial score (nSPS) is 37.4. The molecule has 0 spiro atoms. The van der Waals surface area contributed by atoms with Gasteiger partial charge in [-0.2, -0.15) is 0 Å². The Kier molecular flexibility index (Phi) is 8.50. The van der Waals surface area contributed by atoms with Crippen LogP contribution in [0.1, 0.15) is 107 Å². The molecule has 0 aliphatic carbocycles. The van der Waals surface area contributed by atoms with Crippen LogP contribution < -0.4 is 10.6 Å². The number of nitrogens with zero attached hydrogens (tertiary/aromatic N) is 2. The summed E-state index contributed by atoms with van der Waals surface area (Å²) in [6.07, 6.45) is 9.97. The van der Waals surface area contributed by atoms with E-state index < -0.39 is 0 Å². The number of likely N-dealkylation sites (N-methyl/N-ethyl adjacent to an activating group) is 2. The summed E-state index contributed by atoms with van der Waals surface area (Å²) < 4.78 is 0. The van der Waals surface area contributed by atoms with Gasteiger partial charge in [-0.1, -0.05) is 26.7 Å². The smallest absolute Gasteiger partial charge is 0.0380 e. The molecule has 4 atom stereocenters. The van der Waals surface area contributed by atoms with Gasteiger partial charge in [-0.15, -0.1) is 0 Å². The fourth-order valence-electron chi connectivity index (χ4n) is 6.61. The number of unbranched alkanes of at least 4 members (excludes halogenated alkanes) is 2. The summed E-state index contributed by atoms with van der Waals surface area (Å²) in [7, 11) is 4.78. The van der Waals surface area contributed by atoms with Crippen LogP contribution in [0.3, 0.4) is 0 Å². The van der Waals surface area contributed by atoms with Crippen LogP contribution in [0.2, 0.25) is 0 Å². The van der Waals surface area contributed by atoms with Crippen LogP contribution in [0.25, 0.3) is 0 Å². The first kappa shape index (κ1) is 26.1. The molecule has 2 aliphatic rings. The third kappa shape index (κ3) is 5.08. The SMILES string of the molecule is CCCCNC1CC(C)(C)N(C)C(C)(C2(C)CC(NCCCC)CC(C)(C)N2C)C1. The standard InChI is InChI=1S/C26H54N4/c1-11-13-15-27-21-17-23(3,4)29(9)25(7,19-21)26(8)20-22(28-16-14-12-2)18-24(5,6)30(26)10/h21-22,27-28H,11-20H2,1-10H3. The second-order valence-corrected chi connectivity index (χ2v) is 12.1. The van der Waals surface area contributed by atoms with Crippen molar-refractivity contribution >= 4 is 0 Å². The molecule has 0 bridgehead atoms. The molecule has 0 amide bonds. The maximum Gasteiger partial charge on any atom is 0.0380 e. The fraction of sp³-hybridized carbons (Fsp3) is 1.00. The maximum absolute atomic E-state index is 3.94. The van der Waals surface area contributed by atoms with Gasteiger partial charge >= 0.3 is 0 Å². The Hall–Kier alpha value is -0.160. The van der Waals surface area contributed by atoms with Gasteiger partial charge in [0, 0.05) is 34.2 Å². The van der Waals surface area contributed by atoms with E-state index in [1.54, 1.807) is 0 Å². The molecule has 0 aromatic carbocycles. The molecule has 2 fully saturated rings. The van der Waals surface area contributed by atoms with E-state index in [2.05, 4.69) is 89.9 Å². The molecule has 2 heterocycles. The van der Waals surface area contributed by atoms with Gasteiger partial charge < -0.3 is 10.6 Å². The van der Waals surface area contributed by atoms with Gasteiger partial charge in [0.15, 0.2) is 0 Å². The Morgan fingerprint density at radius 3 is 1.27 bits per heavy atom. The maximum atomic E-state index is 3.94. The number of nitrogens with one attached hydrogen (secondary N) is 2. The highest BCUT2D eigenvalue weighted by Gasteiger charge is 2.60. The minimum atomic E-state index is 0.107. The zero-order valence-electron chi connectivity index (χ0n) is 22.1. The van der Waals surface area contributed by atoms with Crippen LogP contribution >= 0.6 is 0 Å². The van der Waals surface area contributed by atoms with Crippen molar-refractivity contribution in [2.75, 3.05) is 27.2 Å². The lowest BCUT2D eigenvalue weighted by Crippen LogP contribution is -2.79. The summed E-state index contributed by atoms with van der Waals surface area (Å²) in [5.41, 5.74) is 0.590. The van der Waals surface area contributed by atoms with Crippen molar-refractivity contribution in [3.63, 3.8) is 0 Å². The summed E-state index contributed by atoms with van der Waals surface area (Å²) in [6, 6.07) is 1.18. The Morgan fingerprint density at radius 1 is 0.633 bits per heavy atom. The summed E-state index contributed by atoms with van der Waals surface area (Å²) in [5.74, 6) is 0. The van der Waals surface area contributed by atoms with E-state index in [9.17, 15) is 0 Å². The van der Waals surface area contributed by atoms with Crippen molar-refractivity contribution in [3.8, 4) is 0 Å². The lowest BCUT2D eigenvalue weighted by atomic mass is 9.61. The molecule has 4 heteroatoms. The predicted octanol–water partition coefficient (Wildman–Crippen LogP) is 5.03. The van der Waals surface area contributed by atoms with E-state index in [0.717, 1.165) is 13.1 Å². The Morgan fingerprint density at radius 2 is 0.967 bits per heavy atom. The van der Waals surface area contributed by atoms with Crippen molar-refractivity contribution in [1.82, 2.24) is 20.4 Å². The van der Waals surface area contributed by atoms with Gasteiger partial charge in [-0.3, -0.25) is 9.80 Å². The van der Waals surface area contributed by atoms with Crippen LogP contribution in [0, 0.1) is 0 Å². The van der Waals surface area contributed by atoms with Crippen LogP contribution in [-0.4, -0.2) is 71.2 Å². The van der Waals surface area contributed by atoms with Crippen molar-refractivity contribution in [2.24, 2.45) is 0 Å². The molecule has 4 unspecified atom stereocenters. The van der Waals surface area contributed by atoms with Crippen LogP contribution in [0.15, 0.2) is 0 Å². The van der Waals surface area contributed by atoms with Crippen molar-refractivity contribution in [3.05, 3.63) is 0 Å². The average Bonchev–Trinajstić information content (AvgIpc) is 2.64. The Balaban J connectivity index is 2.35. The highest BCUT2D eigenvalue weighted by molar-refractivity contribution is 5.18. The van der Waals surface area contributed by atoms with Crippen LogP contribution in [0.4, 0.5) is 0 Å². The van der Waals surface area contributed by atoms with E-state index in [-0.39, 0.29) is 22.2 Å². The molecule has 0 aromatic heterocycles. The fourth-order valence-corrected chi connectivity index (χ4v) is 6.61. The minimum absolute atomic E-state index is 0.107. The third-order valence-corrected chi connectivity index (χ3v) is 9.16. The van der Waals surface area contributed by atoms with E-state index in [1.807, 2.05) is 0 Å². The van der Waals surface area contributed by atoms with Crippen molar-refractivity contribution in [2.45, 2.75) is 141 Å². The molecule has 0 radical (unpaired) electrons. The van der Waals surface area contributed by atoms with Gasteiger partial charge in [-0.25, -0.2) is 0 Å². The van der Waals surface area contributed by atoms with Gasteiger partial charge in [-0.05, 0) is 107 Å². The van der Waals surface area contributed by atoms with E-state index in [0.29, 0.717) is 12.1 Å². The largest absolute Gasteiger partial charge is 0.314 e. The van der Waals surface area contributed by atoms with Crippen LogP contribution in [-0.2, 0) is 0 Å². The number of likely N-dealkylation sites (tertiary alicyclic amines) is 2. The molecule has 178 valence electrons. The molecule has 2 aliphatic heterocycles. The average molecular weight is 423 g/mol. The number of hydrogen-bond acceptors (Lipinski definition) is 4. The molecule has 2 rings (SSSR count). The molecule has 4 nitrogen and oxygen atoms in total. The van der Waals surface area contributed by atoms with Crippen molar-refractivity contribution in [1.29, 1.82) is 0 Å². The summed E-state index contributed by atoms with van der Waals surface area (Å²) in [6.45, 7) is 21.8. The van der Waals surface area contributed by atoms with Gasteiger partial charge in [0.2, 0.25) is 0 Å². The van der Waals surface area contributed by atoms with E-state index in [1.165, 1.54) is 51.4 Å². The van der Waals surface area contributed by atoms with Gasteiger partial charge in [0.25, 0.3) is 0 Å². The third-order valence-electron chi connectivity index (χ3n) is 9.16. The first-order valence-corrected chi connectivity index (χ1v) is 12.8. The van der Waals surface area contributed by atoms with Crippen molar-refractivity contribution < 1.29 is 0 Å². The number of hydrogen-bond donors (Lipinski definition) is 2. The molecule has 2 saturated heterocycles. The predicted molar refractivity (Wildman–Crippen MR) is 132 cm³/mol. The van der Waals surface area contributed by atoms with E-state index in [4.69, 9.17) is 0 Å². The Bertz CT molecular complexity index is 497. The summed E-state index contributed by atoms with van der Waals surface area (Å²) in [5, 5.41) is 7.88. The van der Waals surface area contributed by atoms with Crippen LogP contribution in [0.5, 0.6) is 0 Å². The molecule has 30 heavy (non-hydrogen) atoms. The number of rotatable bonds is 9. The summed E-state index contributed by atoms with van der Waals surface area (Å²) >= 11 is 0. The summed E-state index contributed by atoms with van der Waals surface area (Å²) in [4.78, 5) is 5.47. The highest BCUT2D eigenvalue weighted by atomic mass is 15.4. The second kappa shape index (κ2) is 9.77. The number of piperidine rings is 2. The molecule has 2 N–H and O–H groups in total.